The largest absolute Gasteiger partial charge is 0.245 e. The molecule has 3 aromatic heterocycles. The Balaban J connectivity index is 1.06. The average Bonchev–Trinajstić information content (AvgIpc) is 3.23. The van der Waals surface area contributed by atoms with Crippen LogP contribution in [0.3, 0.4) is 0 Å². The number of aromatic nitrogens is 5. The summed E-state index contributed by atoms with van der Waals surface area (Å²) in [5, 5.41) is 6.96. The molecule has 0 aliphatic carbocycles. The van der Waals surface area contributed by atoms with E-state index < -0.39 is 0 Å². The molecule has 10 rings (SSSR count). The van der Waals surface area contributed by atoms with E-state index in [0.29, 0.717) is 17.5 Å². The van der Waals surface area contributed by atoms with Crippen molar-refractivity contribution in [2.75, 3.05) is 0 Å². The van der Waals surface area contributed by atoms with Gasteiger partial charge in [-0.2, -0.15) is 0 Å². The zero-order chi connectivity index (χ0) is 34.4. The van der Waals surface area contributed by atoms with Gasteiger partial charge >= 0.3 is 0 Å². The third kappa shape index (κ3) is 5.24. The number of hydrogen-bond acceptors (Lipinski definition) is 5. The van der Waals surface area contributed by atoms with Crippen LogP contribution >= 0.6 is 0 Å². The summed E-state index contributed by atoms with van der Waals surface area (Å²) in [6.45, 7) is 0. The summed E-state index contributed by atoms with van der Waals surface area (Å²) in [5.74, 6) is 1.90. The Morgan fingerprint density at radius 2 is 0.712 bits per heavy atom. The lowest BCUT2D eigenvalue weighted by Crippen LogP contribution is -2.00. The van der Waals surface area contributed by atoms with E-state index in [-0.39, 0.29) is 0 Å². The van der Waals surface area contributed by atoms with Crippen LogP contribution in [-0.2, 0) is 0 Å². The first-order valence-corrected chi connectivity index (χ1v) is 17.3. The van der Waals surface area contributed by atoms with E-state index in [1.165, 1.54) is 21.5 Å². The SMILES string of the molecule is c1ccc(-c2nc(-c3ccccc3)nc(-c3ccc(-c4ccc5ccc6ccc(-c7cc8ccccc8c8ccccc78)nc6c5n4)cc3)n2)cc1. The molecule has 5 nitrogen and oxygen atoms in total. The third-order valence-electron chi connectivity index (χ3n) is 9.70. The highest BCUT2D eigenvalue weighted by atomic mass is 15.0. The highest BCUT2D eigenvalue weighted by molar-refractivity contribution is 6.14. The second-order valence-corrected chi connectivity index (χ2v) is 12.9. The van der Waals surface area contributed by atoms with E-state index in [0.717, 1.165) is 61.0 Å². The Morgan fingerprint density at radius 1 is 0.269 bits per heavy atom. The van der Waals surface area contributed by atoms with Crippen LogP contribution < -0.4 is 0 Å². The minimum absolute atomic E-state index is 0.620. The second kappa shape index (κ2) is 12.3. The van der Waals surface area contributed by atoms with Crippen LogP contribution in [0.25, 0.3) is 100 Å². The number of nitrogens with zero attached hydrogens (tertiary/aromatic N) is 5. The molecule has 0 atom stereocenters. The second-order valence-electron chi connectivity index (χ2n) is 12.9. The molecular formula is C47H29N5. The zero-order valence-electron chi connectivity index (χ0n) is 28.0. The monoisotopic (exact) mass is 663 g/mol. The Kier molecular flexibility index (Phi) is 7.07. The number of hydrogen-bond donors (Lipinski definition) is 0. The van der Waals surface area contributed by atoms with Crippen LogP contribution in [0.2, 0.25) is 0 Å². The number of fused-ring (bicyclic) bond motifs is 6. The van der Waals surface area contributed by atoms with E-state index in [2.05, 4.69) is 115 Å². The molecule has 0 N–H and O–H groups in total. The molecule has 5 heteroatoms. The van der Waals surface area contributed by atoms with E-state index in [4.69, 9.17) is 24.9 Å². The molecule has 52 heavy (non-hydrogen) atoms. The van der Waals surface area contributed by atoms with E-state index in [1.807, 2.05) is 60.7 Å². The molecule has 242 valence electrons. The molecule has 10 aromatic rings. The Labute approximate surface area is 300 Å². The summed E-state index contributed by atoms with van der Waals surface area (Å²) in [4.78, 5) is 25.2. The van der Waals surface area contributed by atoms with Gasteiger partial charge in [0.15, 0.2) is 17.5 Å². The summed E-state index contributed by atoms with van der Waals surface area (Å²) >= 11 is 0. The van der Waals surface area contributed by atoms with E-state index >= 15 is 0 Å². The van der Waals surface area contributed by atoms with Gasteiger partial charge in [0.1, 0.15) is 0 Å². The number of benzene rings is 7. The van der Waals surface area contributed by atoms with Crippen LogP contribution in [0.4, 0.5) is 0 Å². The van der Waals surface area contributed by atoms with Crippen molar-refractivity contribution < 1.29 is 0 Å². The molecule has 0 saturated heterocycles. The quantitative estimate of drug-likeness (QED) is 0.171. The fourth-order valence-electron chi connectivity index (χ4n) is 7.07. The maximum Gasteiger partial charge on any atom is 0.164 e. The minimum Gasteiger partial charge on any atom is -0.245 e. The molecule has 0 aliphatic rings. The molecule has 0 saturated carbocycles. The van der Waals surface area contributed by atoms with E-state index in [9.17, 15) is 0 Å². The van der Waals surface area contributed by atoms with Gasteiger partial charge in [0, 0.05) is 38.6 Å². The highest BCUT2D eigenvalue weighted by Gasteiger charge is 2.15. The third-order valence-corrected chi connectivity index (χ3v) is 9.70. The lowest BCUT2D eigenvalue weighted by Gasteiger charge is -2.12. The van der Waals surface area contributed by atoms with Crippen molar-refractivity contribution in [1.82, 2.24) is 24.9 Å². The van der Waals surface area contributed by atoms with E-state index in [1.54, 1.807) is 0 Å². The summed E-state index contributed by atoms with van der Waals surface area (Å²) in [6, 6.07) is 60.5. The van der Waals surface area contributed by atoms with Crippen molar-refractivity contribution in [3.05, 3.63) is 176 Å². The fraction of sp³-hybridized carbons (Fsp3) is 0. The lowest BCUT2D eigenvalue weighted by atomic mass is 9.95. The van der Waals surface area contributed by atoms with Gasteiger partial charge in [0.05, 0.1) is 22.4 Å². The topological polar surface area (TPSA) is 64.5 Å². The fourth-order valence-corrected chi connectivity index (χ4v) is 7.07. The minimum atomic E-state index is 0.620. The van der Waals surface area contributed by atoms with Crippen LogP contribution in [0.15, 0.2) is 176 Å². The first-order valence-electron chi connectivity index (χ1n) is 17.3. The molecular weight excluding hydrogens is 635 g/mol. The smallest absolute Gasteiger partial charge is 0.164 e. The van der Waals surface area contributed by atoms with Crippen LogP contribution in [-0.4, -0.2) is 24.9 Å². The van der Waals surface area contributed by atoms with Crippen LogP contribution in [0.1, 0.15) is 0 Å². The van der Waals surface area contributed by atoms with Gasteiger partial charge in [-0.15, -0.1) is 0 Å². The molecule has 0 spiro atoms. The van der Waals surface area contributed by atoms with Crippen molar-refractivity contribution in [2.45, 2.75) is 0 Å². The van der Waals surface area contributed by atoms with Gasteiger partial charge in [-0.25, -0.2) is 24.9 Å². The number of pyridine rings is 2. The normalized spacial score (nSPS) is 11.5. The van der Waals surface area contributed by atoms with Crippen molar-refractivity contribution in [1.29, 1.82) is 0 Å². The highest BCUT2D eigenvalue weighted by Crippen LogP contribution is 2.36. The lowest BCUT2D eigenvalue weighted by molar-refractivity contribution is 1.07. The van der Waals surface area contributed by atoms with Crippen molar-refractivity contribution in [3.8, 4) is 56.7 Å². The number of rotatable bonds is 5. The molecule has 3 heterocycles. The van der Waals surface area contributed by atoms with Crippen molar-refractivity contribution in [3.63, 3.8) is 0 Å². The van der Waals surface area contributed by atoms with Crippen LogP contribution in [0.5, 0.6) is 0 Å². The van der Waals surface area contributed by atoms with Gasteiger partial charge in [0.25, 0.3) is 0 Å². The maximum atomic E-state index is 5.30. The molecule has 0 fully saturated rings. The first kappa shape index (κ1) is 29.8. The predicted octanol–water partition coefficient (Wildman–Crippen LogP) is 11.6. The summed E-state index contributed by atoms with van der Waals surface area (Å²) in [6.07, 6.45) is 0. The van der Waals surface area contributed by atoms with Crippen molar-refractivity contribution in [2.24, 2.45) is 0 Å². The molecule has 0 bridgehead atoms. The molecule has 0 amide bonds. The zero-order valence-corrected chi connectivity index (χ0v) is 28.0. The van der Waals surface area contributed by atoms with Gasteiger partial charge in [-0.1, -0.05) is 158 Å². The van der Waals surface area contributed by atoms with Gasteiger partial charge in [-0.3, -0.25) is 0 Å². The average molecular weight is 664 g/mol. The molecule has 0 unspecified atom stereocenters. The molecule has 7 aromatic carbocycles. The summed E-state index contributed by atoms with van der Waals surface area (Å²) in [5.41, 5.74) is 8.48. The van der Waals surface area contributed by atoms with Gasteiger partial charge < -0.3 is 0 Å². The first-order chi connectivity index (χ1) is 25.7. The van der Waals surface area contributed by atoms with Crippen LogP contribution in [0, 0.1) is 0 Å². The Bertz CT molecular complexity index is 2880. The summed E-state index contributed by atoms with van der Waals surface area (Å²) < 4.78 is 0. The maximum absolute atomic E-state index is 5.30. The molecule has 0 radical (unpaired) electrons. The standard InChI is InChI=1S/C47H29N5/c1-3-11-33(12-4-1)45-50-46(34-13-5-2-6-14-34)52-47(51-45)35-23-19-30(20-24-35)41-27-25-31-21-22-32-26-28-42(49-44(32)43(31)48-41)40-29-36-15-7-8-16-37(36)38-17-9-10-18-39(38)40/h1-29H. The van der Waals surface area contributed by atoms with Crippen molar-refractivity contribution >= 4 is 43.4 Å². The Morgan fingerprint density at radius 3 is 1.33 bits per heavy atom. The predicted molar refractivity (Wildman–Crippen MR) is 213 cm³/mol. The van der Waals surface area contributed by atoms with Gasteiger partial charge in [0.2, 0.25) is 0 Å². The van der Waals surface area contributed by atoms with Gasteiger partial charge in [-0.05, 0) is 39.7 Å². The Hall–Kier alpha value is -7.11. The summed E-state index contributed by atoms with van der Waals surface area (Å²) in [7, 11) is 0. The molecule has 0 aliphatic heterocycles.